The summed E-state index contributed by atoms with van der Waals surface area (Å²) in [7, 11) is -4.92. The minimum Gasteiger partial charge on any atom is -0.726 e. The maximum Gasteiger partial charge on any atom is 0.430 e. The SMILES string of the molecule is Brc1ccc(-c2csc(=[N+]3CCCCC3)o2)cc1.O=S(=O)([O-])O. The van der Waals surface area contributed by atoms with Crippen LogP contribution in [0.4, 0.5) is 0 Å². The molecule has 23 heavy (non-hydrogen) atoms. The van der Waals surface area contributed by atoms with E-state index in [-0.39, 0.29) is 0 Å². The number of nitrogens with zero attached hydrogens (tertiary/aromatic N) is 1. The molecule has 2 aromatic rings. The predicted octanol–water partition coefficient (Wildman–Crippen LogP) is 2.73. The predicted molar refractivity (Wildman–Crippen MR) is 90.9 cm³/mol. The molecule has 1 aliphatic heterocycles. The maximum atomic E-state index is 8.63. The van der Waals surface area contributed by atoms with Crippen molar-refractivity contribution < 1.29 is 21.9 Å². The first-order chi connectivity index (χ1) is 10.8. The van der Waals surface area contributed by atoms with Gasteiger partial charge in [0.1, 0.15) is 13.1 Å². The smallest absolute Gasteiger partial charge is 0.430 e. The highest BCUT2D eigenvalue weighted by molar-refractivity contribution is 9.10. The van der Waals surface area contributed by atoms with Gasteiger partial charge in [-0.3, -0.25) is 4.55 Å². The fourth-order valence-corrected chi connectivity index (χ4v) is 3.33. The van der Waals surface area contributed by atoms with E-state index in [0.717, 1.165) is 33.8 Å². The normalized spacial score (nSPS) is 15.0. The summed E-state index contributed by atoms with van der Waals surface area (Å²) in [4.78, 5) is 1.05. The highest BCUT2D eigenvalue weighted by atomic mass is 79.9. The fraction of sp³-hybridized carbons (Fsp3) is 0.357. The van der Waals surface area contributed by atoms with Gasteiger partial charge in [0.05, 0.1) is 0 Å². The molecule has 0 saturated carbocycles. The van der Waals surface area contributed by atoms with Crippen LogP contribution in [0, 0.1) is 0 Å². The van der Waals surface area contributed by atoms with Crippen LogP contribution in [-0.2, 0) is 10.4 Å². The van der Waals surface area contributed by atoms with Gasteiger partial charge in [-0.05, 0) is 29.9 Å². The van der Waals surface area contributed by atoms with Gasteiger partial charge in [-0.2, -0.15) is 4.58 Å². The number of hydrogen-bond acceptors (Lipinski definition) is 5. The third-order valence-corrected chi connectivity index (χ3v) is 4.61. The Morgan fingerprint density at radius 3 is 2.30 bits per heavy atom. The minimum absolute atomic E-state index is 0.966. The van der Waals surface area contributed by atoms with Crippen molar-refractivity contribution in [1.29, 1.82) is 0 Å². The number of piperidine rings is 1. The molecular weight excluding hydrogens is 406 g/mol. The van der Waals surface area contributed by atoms with Gasteiger partial charge in [0.2, 0.25) is 10.4 Å². The van der Waals surface area contributed by atoms with E-state index in [4.69, 9.17) is 21.9 Å². The second-order valence-corrected chi connectivity index (χ2v) is 7.54. The third-order valence-electron chi connectivity index (χ3n) is 3.21. The van der Waals surface area contributed by atoms with Gasteiger partial charge in [0.25, 0.3) is 0 Å². The Bertz CT molecular complexity index is 792. The summed E-state index contributed by atoms with van der Waals surface area (Å²) in [5.41, 5.74) is 1.14. The van der Waals surface area contributed by atoms with E-state index in [2.05, 4.69) is 38.0 Å². The molecule has 6 nitrogen and oxygen atoms in total. The molecule has 1 aliphatic rings. The van der Waals surface area contributed by atoms with Crippen molar-refractivity contribution >= 4 is 37.7 Å². The highest BCUT2D eigenvalue weighted by Gasteiger charge is 2.15. The number of rotatable bonds is 1. The van der Waals surface area contributed by atoms with E-state index in [9.17, 15) is 0 Å². The maximum absolute atomic E-state index is 8.63. The average molecular weight is 422 g/mol. The third kappa shape index (κ3) is 6.56. The lowest BCUT2D eigenvalue weighted by Crippen LogP contribution is -2.32. The molecule has 2 heterocycles. The van der Waals surface area contributed by atoms with E-state index in [1.54, 1.807) is 11.3 Å². The Morgan fingerprint density at radius 1 is 1.17 bits per heavy atom. The summed E-state index contributed by atoms with van der Waals surface area (Å²) in [5, 5.41) is 2.10. The van der Waals surface area contributed by atoms with Crippen LogP contribution in [0.25, 0.3) is 11.3 Å². The Balaban J connectivity index is 0.000000338. The lowest BCUT2D eigenvalue weighted by Gasteiger charge is -2.06. The largest absolute Gasteiger partial charge is 0.726 e. The van der Waals surface area contributed by atoms with Crippen LogP contribution < -0.4 is 9.44 Å². The molecule has 1 fully saturated rings. The van der Waals surface area contributed by atoms with Crippen LogP contribution >= 0.6 is 27.3 Å². The Morgan fingerprint density at radius 2 is 1.74 bits per heavy atom. The first-order valence-corrected chi connectivity index (χ1v) is 9.97. The van der Waals surface area contributed by atoms with E-state index < -0.39 is 10.4 Å². The minimum atomic E-state index is -4.92. The van der Waals surface area contributed by atoms with Crippen molar-refractivity contribution in [3.63, 3.8) is 0 Å². The molecule has 0 amide bonds. The summed E-state index contributed by atoms with van der Waals surface area (Å²) >= 11 is 5.15. The lowest BCUT2D eigenvalue weighted by atomic mass is 10.2. The fourth-order valence-electron chi connectivity index (χ4n) is 2.20. The first kappa shape index (κ1) is 18.3. The van der Waals surface area contributed by atoms with Crippen LogP contribution in [0.5, 0.6) is 0 Å². The molecule has 1 saturated heterocycles. The first-order valence-electron chi connectivity index (χ1n) is 6.94. The Labute approximate surface area is 146 Å². The van der Waals surface area contributed by atoms with Gasteiger partial charge in [0.15, 0.2) is 5.76 Å². The molecule has 0 radical (unpaired) electrons. The molecule has 0 atom stereocenters. The lowest BCUT2D eigenvalue weighted by molar-refractivity contribution is 0.366. The van der Waals surface area contributed by atoms with Crippen molar-refractivity contribution in [2.75, 3.05) is 13.1 Å². The molecule has 126 valence electrons. The Hall–Kier alpha value is -1.00. The molecule has 9 heteroatoms. The second-order valence-electron chi connectivity index (χ2n) is 4.95. The van der Waals surface area contributed by atoms with Gasteiger partial charge in [-0.25, -0.2) is 8.42 Å². The van der Waals surface area contributed by atoms with Gasteiger partial charge in [0, 0.05) is 28.3 Å². The van der Waals surface area contributed by atoms with Gasteiger partial charge < -0.3 is 8.97 Å². The summed E-state index contributed by atoms with van der Waals surface area (Å²) in [6.45, 7) is 2.26. The van der Waals surface area contributed by atoms with Gasteiger partial charge in [-0.15, -0.1) is 0 Å². The summed E-state index contributed by atoms with van der Waals surface area (Å²) in [5.74, 6) is 0.966. The Kier molecular flexibility index (Phi) is 6.54. The van der Waals surface area contributed by atoms with E-state index >= 15 is 0 Å². The monoisotopic (exact) mass is 421 g/mol. The molecule has 1 aromatic carbocycles. The molecule has 0 bridgehead atoms. The van der Waals surface area contributed by atoms with Crippen molar-refractivity contribution in [3.05, 3.63) is 39.0 Å². The number of benzene rings is 1. The summed E-state index contributed by atoms with van der Waals surface area (Å²) < 4.78 is 42.3. The van der Waals surface area contributed by atoms with Crippen LogP contribution in [0.15, 0.2) is 38.5 Å². The van der Waals surface area contributed by atoms with Crippen LogP contribution in [0.2, 0.25) is 0 Å². The molecule has 1 N–H and O–H groups in total. The van der Waals surface area contributed by atoms with Crippen molar-refractivity contribution in [1.82, 2.24) is 4.58 Å². The van der Waals surface area contributed by atoms with Crippen molar-refractivity contribution in [2.24, 2.45) is 0 Å². The molecule has 3 rings (SSSR count). The summed E-state index contributed by atoms with van der Waals surface area (Å²) in [6.07, 6.45) is 3.91. The molecule has 0 unspecified atom stereocenters. The van der Waals surface area contributed by atoms with Crippen LogP contribution in [0.3, 0.4) is 0 Å². The zero-order valence-corrected chi connectivity index (χ0v) is 15.4. The van der Waals surface area contributed by atoms with Crippen LogP contribution in [0.1, 0.15) is 19.3 Å². The number of halogens is 1. The van der Waals surface area contributed by atoms with E-state index in [0.29, 0.717) is 0 Å². The zero-order chi connectivity index (χ0) is 16.9. The van der Waals surface area contributed by atoms with E-state index in [1.807, 2.05) is 12.1 Å². The van der Waals surface area contributed by atoms with Gasteiger partial charge in [-0.1, -0.05) is 28.1 Å². The zero-order valence-electron chi connectivity index (χ0n) is 12.1. The molecule has 1 aromatic heterocycles. The molecule has 0 aliphatic carbocycles. The standard InChI is InChI=1S/C14H15BrNOS.H2O4S/c15-12-6-4-11(5-7-12)13-10-18-14(17-13)16-8-2-1-3-9-16;1-5(2,3)4/h4-7,10H,1-3,8-9H2;(H2,1,2,3,4)/q+1;/p-1. The second kappa shape index (κ2) is 8.20. The van der Waals surface area contributed by atoms with Crippen molar-refractivity contribution in [3.8, 4) is 11.3 Å². The average Bonchev–Trinajstić information content (AvgIpc) is 2.97. The highest BCUT2D eigenvalue weighted by Crippen LogP contribution is 2.21. The quantitative estimate of drug-likeness (QED) is 0.433. The molecular formula is C14H16BrNO5S2. The van der Waals surface area contributed by atoms with Crippen molar-refractivity contribution in [2.45, 2.75) is 19.3 Å². The summed E-state index contributed by atoms with van der Waals surface area (Å²) in [6, 6.07) is 8.25. The van der Waals surface area contributed by atoms with Crippen LogP contribution in [-0.4, -0.2) is 30.6 Å². The number of hydrogen-bond donors (Lipinski definition) is 1. The molecule has 0 spiro atoms. The van der Waals surface area contributed by atoms with Gasteiger partial charge >= 0.3 is 4.87 Å². The van der Waals surface area contributed by atoms with E-state index in [1.165, 1.54) is 19.3 Å². The topological polar surface area (TPSA) is 93.6 Å².